The number of benzene rings is 3. The van der Waals surface area contributed by atoms with Crippen LogP contribution >= 0.6 is 11.3 Å². The van der Waals surface area contributed by atoms with E-state index in [9.17, 15) is 0 Å². The topological polar surface area (TPSA) is 32.6 Å². The normalized spacial score (nSPS) is 12.7. The molecule has 3 aromatic carbocycles. The van der Waals surface area contributed by atoms with Crippen molar-refractivity contribution in [1.82, 2.24) is 10.1 Å². The van der Waals surface area contributed by atoms with Gasteiger partial charge in [-0.25, -0.2) is 0 Å². The Labute approximate surface area is 206 Å². The molecule has 0 bridgehead atoms. The molecule has 0 radical (unpaired) electrons. The number of H-pyrrole nitrogens is 1. The highest BCUT2D eigenvalue weighted by molar-refractivity contribution is 7.14. The molecular formula is C30H34N3S+. The third-order valence-electron chi connectivity index (χ3n) is 6.81. The van der Waals surface area contributed by atoms with Gasteiger partial charge in [0, 0.05) is 23.3 Å². The Morgan fingerprint density at radius 3 is 1.74 bits per heavy atom. The van der Waals surface area contributed by atoms with Crippen LogP contribution in [0.15, 0.2) is 54.6 Å². The summed E-state index contributed by atoms with van der Waals surface area (Å²) in [7, 11) is 2.00. The van der Waals surface area contributed by atoms with Crippen LogP contribution in [0, 0.1) is 6.92 Å². The van der Waals surface area contributed by atoms with Crippen LogP contribution in [-0.2, 0) is 17.9 Å². The fourth-order valence-corrected chi connectivity index (χ4v) is 5.39. The minimum Gasteiger partial charge on any atom is -0.352 e. The molecule has 0 spiro atoms. The minimum absolute atomic E-state index is 0.0851. The van der Waals surface area contributed by atoms with Crippen LogP contribution in [0.3, 0.4) is 0 Å². The molecule has 1 N–H and O–H groups in total. The first-order chi connectivity index (χ1) is 15.9. The summed E-state index contributed by atoms with van der Waals surface area (Å²) in [5.41, 5.74) is 6.34. The lowest BCUT2D eigenvalue weighted by Gasteiger charge is -2.22. The molecule has 0 aliphatic carbocycles. The van der Waals surface area contributed by atoms with Crippen LogP contribution in [0.5, 0.6) is 0 Å². The molecule has 0 fully saturated rings. The van der Waals surface area contributed by atoms with Crippen LogP contribution in [0.2, 0.25) is 0 Å². The number of aromatic amines is 1. The number of aryl methyl sites for hydroxylation is 2. The molecule has 0 aliphatic rings. The lowest BCUT2D eigenvalue weighted by molar-refractivity contribution is -0.730. The summed E-state index contributed by atoms with van der Waals surface area (Å²) in [5.74, 6) is 0. The number of nitrogens with one attached hydrogen (secondary N) is 1. The van der Waals surface area contributed by atoms with Crippen LogP contribution in [0.4, 0.5) is 0 Å². The Kier molecular flexibility index (Phi) is 5.21. The average molecular weight is 469 g/mol. The molecule has 3 nitrogen and oxygen atoms in total. The van der Waals surface area contributed by atoms with Gasteiger partial charge in [-0.3, -0.25) is 0 Å². The van der Waals surface area contributed by atoms with E-state index in [1.807, 2.05) is 11.7 Å². The number of rotatable bonds is 2. The van der Waals surface area contributed by atoms with Gasteiger partial charge in [-0.1, -0.05) is 70.5 Å². The van der Waals surface area contributed by atoms with E-state index in [2.05, 4.69) is 108 Å². The number of hydrogen-bond donors (Lipinski definition) is 1. The summed E-state index contributed by atoms with van der Waals surface area (Å²) < 4.78 is 1.94. The van der Waals surface area contributed by atoms with Gasteiger partial charge in [0.2, 0.25) is 5.01 Å². The second kappa shape index (κ2) is 7.78. The summed E-state index contributed by atoms with van der Waals surface area (Å²) in [6.45, 7) is 15.8. The number of hydrogen-bond acceptors (Lipinski definition) is 2. The smallest absolute Gasteiger partial charge is 0.262 e. The highest BCUT2D eigenvalue weighted by Gasteiger charge is 2.21. The predicted molar refractivity (Wildman–Crippen MR) is 146 cm³/mol. The maximum atomic E-state index is 4.71. The Hall–Kier alpha value is -2.98. The van der Waals surface area contributed by atoms with E-state index in [-0.39, 0.29) is 10.8 Å². The molecule has 174 valence electrons. The van der Waals surface area contributed by atoms with Crippen molar-refractivity contribution < 1.29 is 4.68 Å². The fraction of sp³-hybridized carbons (Fsp3) is 0.333. The van der Waals surface area contributed by atoms with Crippen LogP contribution in [0.25, 0.3) is 43.5 Å². The zero-order chi connectivity index (χ0) is 24.4. The van der Waals surface area contributed by atoms with Crippen molar-refractivity contribution in [2.75, 3.05) is 0 Å². The first-order valence-corrected chi connectivity index (χ1v) is 12.8. The molecule has 0 atom stereocenters. The van der Waals surface area contributed by atoms with Crippen molar-refractivity contribution in [3.05, 3.63) is 70.7 Å². The van der Waals surface area contributed by atoms with Crippen molar-refractivity contribution in [3.63, 3.8) is 0 Å². The van der Waals surface area contributed by atoms with Gasteiger partial charge >= 0.3 is 0 Å². The second-order valence-corrected chi connectivity index (χ2v) is 12.6. The van der Waals surface area contributed by atoms with Crippen LogP contribution in [0.1, 0.15) is 57.7 Å². The standard InChI is InChI=1S/C30H34N3S/c1-18-33(8)32-28(34-18)26-14-13-25(31-26)27-23-16-21(29(2,3)4)11-9-19(23)15-20-10-12-22(17-24(20)27)30(5,6)7/h9-17,31H,1-8H3/q+1. The number of fused-ring (bicyclic) bond motifs is 2. The summed E-state index contributed by atoms with van der Waals surface area (Å²) in [4.78, 5) is 3.72. The van der Waals surface area contributed by atoms with E-state index in [0.29, 0.717) is 0 Å². The fourth-order valence-electron chi connectivity index (χ4n) is 4.54. The molecule has 0 amide bonds. The lowest BCUT2D eigenvalue weighted by Crippen LogP contribution is -2.32. The summed E-state index contributed by atoms with van der Waals surface area (Å²) in [6.07, 6.45) is 0. The number of nitrogens with zero attached hydrogens (tertiary/aromatic N) is 2. The van der Waals surface area contributed by atoms with E-state index in [4.69, 9.17) is 5.10 Å². The van der Waals surface area contributed by atoms with Crippen molar-refractivity contribution in [1.29, 1.82) is 0 Å². The first-order valence-electron chi connectivity index (χ1n) is 12.0. The van der Waals surface area contributed by atoms with Gasteiger partial charge in [-0.15, -0.1) is 0 Å². The molecule has 34 heavy (non-hydrogen) atoms. The van der Waals surface area contributed by atoms with Crippen molar-refractivity contribution in [2.45, 2.75) is 59.3 Å². The molecule has 0 saturated carbocycles. The third-order valence-corrected chi connectivity index (χ3v) is 7.87. The van der Waals surface area contributed by atoms with E-state index in [1.165, 1.54) is 43.2 Å². The Morgan fingerprint density at radius 2 is 1.26 bits per heavy atom. The SMILES string of the molecule is Cc1sc(-c2ccc(-c3c4cc(C(C)(C)C)ccc4cc4ccc(C(C)(C)C)cc34)[nH]2)n[n+]1C. The van der Waals surface area contributed by atoms with Gasteiger partial charge in [0.25, 0.3) is 5.01 Å². The van der Waals surface area contributed by atoms with Crippen LogP contribution < -0.4 is 4.68 Å². The molecular weight excluding hydrogens is 434 g/mol. The molecule has 2 aromatic heterocycles. The molecule has 5 rings (SSSR count). The van der Waals surface area contributed by atoms with E-state index in [1.54, 1.807) is 11.3 Å². The van der Waals surface area contributed by atoms with Gasteiger partial charge < -0.3 is 4.98 Å². The largest absolute Gasteiger partial charge is 0.352 e. The second-order valence-electron chi connectivity index (χ2n) is 11.5. The molecule has 2 heterocycles. The Bertz CT molecular complexity index is 1450. The molecule has 4 heteroatoms. The maximum Gasteiger partial charge on any atom is 0.262 e. The first kappa shape index (κ1) is 22.8. The van der Waals surface area contributed by atoms with E-state index in [0.717, 1.165) is 16.4 Å². The zero-order valence-corrected chi connectivity index (χ0v) is 22.3. The van der Waals surface area contributed by atoms with E-state index < -0.39 is 0 Å². The summed E-state index contributed by atoms with van der Waals surface area (Å²) in [6, 6.07) is 20.6. The van der Waals surface area contributed by atoms with Gasteiger partial charge in [-0.05, 0) is 85.2 Å². The quantitative estimate of drug-likeness (QED) is 0.208. The zero-order valence-electron chi connectivity index (χ0n) is 21.5. The van der Waals surface area contributed by atoms with Crippen LogP contribution in [-0.4, -0.2) is 10.1 Å². The lowest BCUT2D eigenvalue weighted by atomic mass is 9.82. The van der Waals surface area contributed by atoms with Gasteiger partial charge in [0.15, 0.2) is 7.05 Å². The van der Waals surface area contributed by atoms with Gasteiger partial charge in [0.1, 0.15) is 0 Å². The molecule has 0 saturated heterocycles. The minimum atomic E-state index is 0.0851. The third kappa shape index (κ3) is 3.94. The number of aromatic nitrogens is 3. The van der Waals surface area contributed by atoms with Crippen molar-refractivity contribution >= 4 is 32.9 Å². The molecule has 5 aromatic rings. The van der Waals surface area contributed by atoms with Crippen molar-refractivity contribution in [3.8, 4) is 22.0 Å². The Balaban J connectivity index is 1.83. The van der Waals surface area contributed by atoms with Gasteiger partial charge in [0.05, 0.1) is 5.69 Å². The maximum absolute atomic E-state index is 4.71. The van der Waals surface area contributed by atoms with Gasteiger partial charge in [-0.2, -0.15) is 0 Å². The average Bonchev–Trinajstić information content (AvgIpc) is 3.36. The summed E-state index contributed by atoms with van der Waals surface area (Å²) >= 11 is 1.72. The molecule has 0 aliphatic heterocycles. The van der Waals surface area contributed by atoms with E-state index >= 15 is 0 Å². The summed E-state index contributed by atoms with van der Waals surface area (Å²) in [5, 5.41) is 12.0. The van der Waals surface area contributed by atoms with Crippen molar-refractivity contribution in [2.24, 2.45) is 7.05 Å². The highest BCUT2D eigenvalue weighted by Crippen LogP contribution is 2.40. The predicted octanol–water partition coefficient (Wildman–Crippen LogP) is 7.84. The molecule has 0 unspecified atom stereocenters. The monoisotopic (exact) mass is 468 g/mol. The highest BCUT2D eigenvalue weighted by atomic mass is 32.1. The Morgan fingerprint density at radius 1 is 0.735 bits per heavy atom.